The fraction of sp³-hybridized carbons (Fsp3) is 0.433. The molecule has 1 amide bonds. The second kappa shape index (κ2) is 9.12. The van der Waals surface area contributed by atoms with Crippen molar-refractivity contribution < 1.29 is 19.1 Å². The first-order chi connectivity index (χ1) is 17.8. The minimum atomic E-state index is -1.19. The van der Waals surface area contributed by atoms with E-state index in [9.17, 15) is 19.1 Å². The van der Waals surface area contributed by atoms with E-state index in [0.717, 1.165) is 53.1 Å². The molecule has 1 heterocycles. The summed E-state index contributed by atoms with van der Waals surface area (Å²) in [5.41, 5.74) is 3.02. The van der Waals surface area contributed by atoms with Crippen LogP contribution in [0.2, 0.25) is 0 Å². The number of anilines is 1. The van der Waals surface area contributed by atoms with Gasteiger partial charge in [0.05, 0.1) is 11.3 Å². The Bertz CT molecular complexity index is 1340. The molecule has 3 aromatic rings. The Morgan fingerprint density at radius 3 is 2.41 bits per heavy atom. The molecule has 0 aliphatic heterocycles. The average molecular weight is 502 g/mol. The average Bonchev–Trinajstić information content (AvgIpc) is 3.28. The van der Waals surface area contributed by atoms with Gasteiger partial charge in [-0.15, -0.1) is 0 Å². The van der Waals surface area contributed by atoms with Gasteiger partial charge in [-0.25, -0.2) is 14.2 Å². The SMILES string of the molecule is Cc1ccccc1-c1nc(C(=O)Nc2cc(C(=O)O)ccc2F)c(CCC23CC4CC(CC(C4)C2)C3)[nH]1. The van der Waals surface area contributed by atoms with Crippen LogP contribution in [-0.2, 0) is 6.42 Å². The molecule has 0 radical (unpaired) electrons. The van der Waals surface area contributed by atoms with Crippen molar-refractivity contribution in [3.63, 3.8) is 0 Å². The molecule has 6 nitrogen and oxygen atoms in total. The molecular formula is C30H32FN3O3. The first kappa shape index (κ1) is 23.9. The van der Waals surface area contributed by atoms with Crippen molar-refractivity contribution in [1.29, 1.82) is 0 Å². The zero-order valence-corrected chi connectivity index (χ0v) is 21.0. The molecule has 37 heavy (non-hydrogen) atoms. The van der Waals surface area contributed by atoms with E-state index in [1.807, 2.05) is 31.2 Å². The van der Waals surface area contributed by atoms with Crippen LogP contribution < -0.4 is 5.32 Å². The maximum Gasteiger partial charge on any atom is 0.335 e. The third-order valence-corrected chi connectivity index (χ3v) is 8.93. The Hall–Kier alpha value is -3.48. The Kier molecular flexibility index (Phi) is 5.89. The van der Waals surface area contributed by atoms with Crippen molar-refractivity contribution in [3.05, 3.63) is 70.8 Å². The van der Waals surface area contributed by atoms with Gasteiger partial charge < -0.3 is 15.4 Å². The van der Waals surface area contributed by atoms with Gasteiger partial charge in [-0.05, 0) is 105 Å². The molecule has 4 bridgehead atoms. The maximum atomic E-state index is 14.5. The number of carboxylic acids is 1. The number of halogens is 1. The number of carboxylic acid groups (broad SMARTS) is 1. The van der Waals surface area contributed by atoms with Gasteiger partial charge in [-0.1, -0.05) is 24.3 Å². The van der Waals surface area contributed by atoms with Crippen molar-refractivity contribution in [2.45, 2.75) is 58.3 Å². The number of aromatic amines is 1. The number of carbonyl (C=O) groups is 2. The quantitative estimate of drug-likeness (QED) is 0.339. The molecule has 3 N–H and O–H groups in total. The monoisotopic (exact) mass is 501 g/mol. The number of amides is 1. The molecule has 0 spiro atoms. The highest BCUT2D eigenvalue weighted by Crippen LogP contribution is 2.61. The number of hydrogen-bond acceptors (Lipinski definition) is 3. The lowest BCUT2D eigenvalue weighted by atomic mass is 9.48. The van der Waals surface area contributed by atoms with E-state index in [2.05, 4.69) is 15.3 Å². The van der Waals surface area contributed by atoms with E-state index >= 15 is 0 Å². The van der Waals surface area contributed by atoms with Crippen LogP contribution in [-0.4, -0.2) is 27.0 Å². The Labute approximate surface area is 215 Å². The maximum absolute atomic E-state index is 14.5. The van der Waals surface area contributed by atoms with Crippen LogP contribution >= 0.6 is 0 Å². The standard InChI is InChI=1S/C30H32FN3O3/c1-17-4-2-3-5-22(17)27-32-24(8-9-30-14-18-10-19(15-30)12-20(11-18)16-30)26(34-27)28(35)33-25-13-21(29(36)37)6-7-23(25)31/h2-7,13,18-20H,8-12,14-16H2,1H3,(H,32,34)(H,33,35)(H,36,37). The summed E-state index contributed by atoms with van der Waals surface area (Å²) in [6.45, 7) is 2.00. The Balaban J connectivity index is 1.30. The third kappa shape index (κ3) is 4.56. The van der Waals surface area contributed by atoms with Crippen molar-refractivity contribution in [3.8, 4) is 11.4 Å². The number of nitrogens with one attached hydrogen (secondary N) is 2. The molecule has 4 aliphatic rings. The van der Waals surface area contributed by atoms with Gasteiger partial charge in [0.15, 0.2) is 0 Å². The zero-order valence-electron chi connectivity index (χ0n) is 21.0. The van der Waals surface area contributed by atoms with E-state index < -0.39 is 17.7 Å². The molecule has 7 heteroatoms. The lowest BCUT2D eigenvalue weighted by Crippen LogP contribution is -2.46. The number of rotatable bonds is 7. The van der Waals surface area contributed by atoms with Crippen LogP contribution in [0, 0.1) is 35.9 Å². The van der Waals surface area contributed by atoms with Gasteiger partial charge in [0.25, 0.3) is 5.91 Å². The number of carbonyl (C=O) groups excluding carboxylic acids is 1. The number of nitrogens with zero attached hydrogens (tertiary/aromatic N) is 1. The highest BCUT2D eigenvalue weighted by molar-refractivity contribution is 6.04. The minimum Gasteiger partial charge on any atom is -0.478 e. The predicted molar refractivity (Wildman–Crippen MR) is 139 cm³/mol. The molecule has 7 rings (SSSR count). The second-order valence-electron chi connectivity index (χ2n) is 11.6. The summed E-state index contributed by atoms with van der Waals surface area (Å²) in [5, 5.41) is 11.9. The molecule has 192 valence electrons. The minimum absolute atomic E-state index is 0.0960. The molecule has 4 aliphatic carbocycles. The lowest BCUT2D eigenvalue weighted by Gasteiger charge is -2.57. The van der Waals surface area contributed by atoms with Crippen molar-refractivity contribution in [1.82, 2.24) is 9.97 Å². The number of hydrogen-bond donors (Lipinski definition) is 3. The second-order valence-corrected chi connectivity index (χ2v) is 11.6. The van der Waals surface area contributed by atoms with E-state index in [4.69, 9.17) is 0 Å². The topological polar surface area (TPSA) is 95.1 Å². The number of aromatic nitrogens is 2. The summed E-state index contributed by atoms with van der Waals surface area (Å²) in [6, 6.07) is 11.2. The van der Waals surface area contributed by atoms with Crippen LogP contribution in [0.3, 0.4) is 0 Å². The van der Waals surface area contributed by atoms with E-state index in [1.54, 1.807) is 0 Å². The summed E-state index contributed by atoms with van der Waals surface area (Å²) in [5.74, 6) is 0.742. The fourth-order valence-electron chi connectivity index (χ4n) is 7.67. The molecule has 4 fully saturated rings. The third-order valence-electron chi connectivity index (χ3n) is 8.93. The van der Waals surface area contributed by atoms with E-state index in [-0.39, 0.29) is 16.9 Å². The summed E-state index contributed by atoms with van der Waals surface area (Å²) in [6.07, 6.45) is 9.71. The van der Waals surface area contributed by atoms with Gasteiger partial charge in [0, 0.05) is 11.3 Å². The number of imidazole rings is 1. The molecule has 0 saturated heterocycles. The number of H-pyrrole nitrogens is 1. The van der Waals surface area contributed by atoms with Gasteiger partial charge >= 0.3 is 5.97 Å². The van der Waals surface area contributed by atoms with E-state index in [0.29, 0.717) is 17.7 Å². The van der Waals surface area contributed by atoms with Crippen LogP contribution in [0.25, 0.3) is 11.4 Å². The summed E-state index contributed by atoms with van der Waals surface area (Å²) in [4.78, 5) is 32.9. The first-order valence-corrected chi connectivity index (χ1v) is 13.3. The van der Waals surface area contributed by atoms with Crippen molar-refractivity contribution in [2.75, 3.05) is 5.32 Å². The van der Waals surface area contributed by atoms with Gasteiger partial charge in [0.1, 0.15) is 17.3 Å². The molecular weight excluding hydrogens is 469 g/mol. The van der Waals surface area contributed by atoms with Crippen LogP contribution in [0.1, 0.15) is 77.0 Å². The highest BCUT2D eigenvalue weighted by Gasteiger charge is 2.50. The van der Waals surface area contributed by atoms with Gasteiger partial charge in [0.2, 0.25) is 0 Å². The van der Waals surface area contributed by atoms with Gasteiger partial charge in [-0.2, -0.15) is 0 Å². The molecule has 4 saturated carbocycles. The van der Waals surface area contributed by atoms with E-state index in [1.165, 1.54) is 44.6 Å². The molecule has 0 atom stereocenters. The number of aryl methyl sites for hydroxylation is 2. The number of aromatic carboxylic acids is 1. The Morgan fingerprint density at radius 1 is 1.08 bits per heavy atom. The molecule has 2 aromatic carbocycles. The molecule has 1 aromatic heterocycles. The fourth-order valence-corrected chi connectivity index (χ4v) is 7.67. The lowest BCUT2D eigenvalue weighted by molar-refractivity contribution is -0.0570. The van der Waals surface area contributed by atoms with Crippen LogP contribution in [0.15, 0.2) is 42.5 Å². The smallest absolute Gasteiger partial charge is 0.335 e. The van der Waals surface area contributed by atoms with Crippen molar-refractivity contribution >= 4 is 17.6 Å². The molecule has 0 unspecified atom stereocenters. The normalized spacial score (nSPS) is 25.8. The largest absolute Gasteiger partial charge is 0.478 e. The van der Waals surface area contributed by atoms with Crippen molar-refractivity contribution in [2.24, 2.45) is 23.2 Å². The summed E-state index contributed by atoms with van der Waals surface area (Å²) < 4.78 is 14.5. The summed E-state index contributed by atoms with van der Waals surface area (Å²) >= 11 is 0. The number of benzene rings is 2. The van der Waals surface area contributed by atoms with Crippen LogP contribution in [0.5, 0.6) is 0 Å². The highest BCUT2D eigenvalue weighted by atomic mass is 19.1. The first-order valence-electron chi connectivity index (χ1n) is 13.3. The van der Waals surface area contributed by atoms with Crippen LogP contribution in [0.4, 0.5) is 10.1 Å². The van der Waals surface area contributed by atoms with Gasteiger partial charge in [-0.3, -0.25) is 4.79 Å². The zero-order chi connectivity index (χ0) is 25.7. The predicted octanol–water partition coefficient (Wildman–Crippen LogP) is 6.62. The Morgan fingerprint density at radius 2 is 1.76 bits per heavy atom. The summed E-state index contributed by atoms with van der Waals surface area (Å²) in [7, 11) is 0.